The van der Waals surface area contributed by atoms with Crippen molar-refractivity contribution in [3.8, 4) is 33.9 Å². The molecule has 0 aliphatic heterocycles. The van der Waals surface area contributed by atoms with Crippen LogP contribution >= 0.6 is 0 Å². The molecule has 0 spiro atoms. The maximum atomic E-state index is 12.7. The lowest BCUT2D eigenvalue weighted by atomic mass is 10.1. The second-order valence-corrected chi connectivity index (χ2v) is 6.93. The number of aromatic amines is 1. The van der Waals surface area contributed by atoms with Crippen molar-refractivity contribution in [2.24, 2.45) is 0 Å². The highest BCUT2D eigenvalue weighted by molar-refractivity contribution is 5.65. The molecule has 1 N–H and O–H groups in total. The van der Waals surface area contributed by atoms with Crippen LogP contribution in [0.5, 0.6) is 0 Å². The molecule has 30 heavy (non-hydrogen) atoms. The van der Waals surface area contributed by atoms with Gasteiger partial charge in [-0.2, -0.15) is 15.3 Å². The number of para-hydroxylation sites is 1. The number of benzene rings is 2. The average Bonchev–Trinajstić information content (AvgIpc) is 3.47. The maximum Gasteiger partial charge on any atom is 0.209 e. The van der Waals surface area contributed by atoms with Crippen LogP contribution in [0, 0.1) is 6.92 Å². The molecule has 0 fully saturated rings. The minimum Gasteiger partial charge on any atom is -0.287 e. The molecular weight excluding hydrogens is 376 g/mol. The van der Waals surface area contributed by atoms with Crippen LogP contribution in [0.4, 0.5) is 0 Å². The molecule has 5 aromatic rings. The van der Waals surface area contributed by atoms with Crippen LogP contribution in [0.3, 0.4) is 0 Å². The fourth-order valence-electron chi connectivity index (χ4n) is 3.48. The van der Waals surface area contributed by atoms with Crippen LogP contribution in [0.25, 0.3) is 33.9 Å². The summed E-state index contributed by atoms with van der Waals surface area (Å²) in [5.41, 5.74) is 5.72. The van der Waals surface area contributed by atoms with Gasteiger partial charge in [0.25, 0.3) is 0 Å². The Morgan fingerprint density at radius 2 is 1.83 bits per heavy atom. The van der Waals surface area contributed by atoms with Crippen LogP contribution in [0.2, 0.25) is 0 Å². The van der Waals surface area contributed by atoms with Crippen molar-refractivity contribution in [3.63, 3.8) is 0 Å². The van der Waals surface area contributed by atoms with E-state index in [2.05, 4.69) is 26.5 Å². The molecule has 2 aromatic carbocycles. The second kappa shape index (κ2) is 7.29. The monoisotopic (exact) mass is 394 g/mol. The van der Waals surface area contributed by atoms with Gasteiger partial charge >= 0.3 is 0 Å². The Morgan fingerprint density at radius 3 is 2.60 bits per heavy atom. The fourth-order valence-corrected chi connectivity index (χ4v) is 3.48. The molecule has 0 saturated carbocycles. The Kier molecular flexibility index (Phi) is 4.33. The molecule has 0 bridgehead atoms. The predicted molar refractivity (Wildman–Crippen MR) is 115 cm³/mol. The molecule has 0 aliphatic carbocycles. The number of rotatable bonds is 4. The summed E-state index contributed by atoms with van der Waals surface area (Å²) in [5.74, 6) is 0. The highest BCUT2D eigenvalue weighted by Gasteiger charge is 2.14. The summed E-state index contributed by atoms with van der Waals surface area (Å²) in [6.45, 7) is 2.02. The summed E-state index contributed by atoms with van der Waals surface area (Å²) in [7, 11) is 0. The molecule has 146 valence electrons. The standard InChI is InChI=1S/C23H18N6O/c1-16-13-17(18-14-24-25-15-18)7-8-20(16)28-12-10-22(30)23(27-28)21-9-11-26-29(21)19-5-3-2-4-6-19/h2-15H,1H3,(H,24,25). The first-order valence-corrected chi connectivity index (χ1v) is 9.51. The molecule has 0 aliphatic rings. The Labute approximate surface area is 172 Å². The molecule has 5 rings (SSSR count). The van der Waals surface area contributed by atoms with E-state index in [0.29, 0.717) is 11.4 Å². The predicted octanol–water partition coefficient (Wildman–Crippen LogP) is 3.78. The zero-order valence-electron chi connectivity index (χ0n) is 16.2. The summed E-state index contributed by atoms with van der Waals surface area (Å²) in [6.07, 6.45) is 7.00. The SMILES string of the molecule is Cc1cc(-c2cn[nH]c2)ccc1-n1ccc(=O)c(-c2ccnn2-c2ccccc2)n1. The quantitative estimate of drug-likeness (QED) is 0.503. The van der Waals surface area contributed by atoms with Gasteiger partial charge in [-0.15, -0.1) is 0 Å². The van der Waals surface area contributed by atoms with Gasteiger partial charge in [0.15, 0.2) is 5.69 Å². The first kappa shape index (κ1) is 17.8. The maximum absolute atomic E-state index is 12.7. The third-order valence-corrected chi connectivity index (χ3v) is 4.97. The van der Waals surface area contributed by atoms with Crippen molar-refractivity contribution in [2.45, 2.75) is 6.92 Å². The van der Waals surface area contributed by atoms with Crippen molar-refractivity contribution in [1.82, 2.24) is 29.8 Å². The lowest BCUT2D eigenvalue weighted by molar-refractivity contribution is 0.818. The van der Waals surface area contributed by atoms with Crippen molar-refractivity contribution in [1.29, 1.82) is 0 Å². The number of aryl methyl sites for hydroxylation is 1. The van der Waals surface area contributed by atoms with Crippen LogP contribution in [0.1, 0.15) is 5.56 Å². The summed E-state index contributed by atoms with van der Waals surface area (Å²) in [4.78, 5) is 12.7. The van der Waals surface area contributed by atoms with E-state index in [0.717, 1.165) is 28.1 Å². The Morgan fingerprint density at radius 1 is 0.967 bits per heavy atom. The number of nitrogens with one attached hydrogen (secondary N) is 1. The zero-order chi connectivity index (χ0) is 20.5. The van der Waals surface area contributed by atoms with Gasteiger partial charge < -0.3 is 0 Å². The normalized spacial score (nSPS) is 11.0. The van der Waals surface area contributed by atoms with E-state index >= 15 is 0 Å². The van der Waals surface area contributed by atoms with E-state index in [9.17, 15) is 4.79 Å². The van der Waals surface area contributed by atoms with Gasteiger partial charge in [-0.3, -0.25) is 9.89 Å². The van der Waals surface area contributed by atoms with E-state index in [4.69, 9.17) is 0 Å². The zero-order valence-corrected chi connectivity index (χ0v) is 16.2. The van der Waals surface area contributed by atoms with Gasteiger partial charge in [0.1, 0.15) is 0 Å². The van der Waals surface area contributed by atoms with Crippen LogP contribution in [0.15, 0.2) is 90.2 Å². The van der Waals surface area contributed by atoms with Crippen LogP contribution in [-0.2, 0) is 0 Å². The van der Waals surface area contributed by atoms with E-state index in [1.54, 1.807) is 34.0 Å². The van der Waals surface area contributed by atoms with Crippen molar-refractivity contribution < 1.29 is 0 Å². The molecular formula is C23H18N6O. The van der Waals surface area contributed by atoms with Gasteiger partial charge in [0.2, 0.25) is 5.43 Å². The lowest BCUT2D eigenvalue weighted by Gasteiger charge is -2.12. The van der Waals surface area contributed by atoms with E-state index in [-0.39, 0.29) is 5.43 Å². The van der Waals surface area contributed by atoms with Gasteiger partial charge in [0, 0.05) is 24.0 Å². The molecule has 3 heterocycles. The first-order valence-electron chi connectivity index (χ1n) is 9.51. The topological polar surface area (TPSA) is 81.4 Å². The minimum atomic E-state index is -0.156. The lowest BCUT2D eigenvalue weighted by Crippen LogP contribution is -2.15. The molecule has 0 atom stereocenters. The smallest absolute Gasteiger partial charge is 0.209 e. The summed E-state index contributed by atoms with van der Waals surface area (Å²) in [6, 6.07) is 19.1. The first-order chi connectivity index (χ1) is 14.7. The Hall–Kier alpha value is -4.26. The molecule has 0 unspecified atom stereocenters. The number of nitrogens with zero attached hydrogens (tertiary/aromatic N) is 5. The van der Waals surface area contributed by atoms with Crippen molar-refractivity contribution in [3.05, 3.63) is 101 Å². The van der Waals surface area contributed by atoms with Crippen molar-refractivity contribution in [2.75, 3.05) is 0 Å². The largest absolute Gasteiger partial charge is 0.287 e. The van der Waals surface area contributed by atoms with Gasteiger partial charge in [-0.25, -0.2) is 9.36 Å². The molecule has 0 amide bonds. The van der Waals surface area contributed by atoms with Gasteiger partial charge in [-0.1, -0.05) is 24.3 Å². The molecule has 0 radical (unpaired) electrons. The van der Waals surface area contributed by atoms with E-state index < -0.39 is 0 Å². The third kappa shape index (κ3) is 3.12. The van der Waals surface area contributed by atoms with Gasteiger partial charge in [-0.05, 0) is 48.4 Å². The number of H-pyrrole nitrogens is 1. The molecule has 7 heteroatoms. The number of hydrogen-bond acceptors (Lipinski definition) is 4. The summed E-state index contributed by atoms with van der Waals surface area (Å²) in [5, 5.41) is 15.9. The Balaban J connectivity index is 1.59. The minimum absolute atomic E-state index is 0.156. The molecule has 3 aromatic heterocycles. The molecule has 7 nitrogen and oxygen atoms in total. The van der Waals surface area contributed by atoms with Crippen LogP contribution < -0.4 is 5.43 Å². The number of hydrogen-bond donors (Lipinski definition) is 1. The average molecular weight is 394 g/mol. The van der Waals surface area contributed by atoms with E-state index in [1.165, 1.54) is 6.07 Å². The highest BCUT2D eigenvalue weighted by atomic mass is 16.1. The fraction of sp³-hybridized carbons (Fsp3) is 0.0435. The van der Waals surface area contributed by atoms with Crippen molar-refractivity contribution >= 4 is 0 Å². The third-order valence-electron chi connectivity index (χ3n) is 4.97. The second-order valence-electron chi connectivity index (χ2n) is 6.93. The van der Waals surface area contributed by atoms with Gasteiger partial charge in [0.05, 0.1) is 29.5 Å². The van der Waals surface area contributed by atoms with Crippen LogP contribution in [-0.4, -0.2) is 29.8 Å². The Bertz CT molecular complexity index is 1370. The van der Waals surface area contributed by atoms with E-state index in [1.807, 2.05) is 55.6 Å². The molecule has 0 saturated heterocycles. The summed E-state index contributed by atoms with van der Waals surface area (Å²) < 4.78 is 3.45. The highest BCUT2D eigenvalue weighted by Crippen LogP contribution is 2.24. The number of aromatic nitrogens is 6. The summed E-state index contributed by atoms with van der Waals surface area (Å²) >= 11 is 0.